The fourth-order valence-electron chi connectivity index (χ4n) is 1.34. The lowest BCUT2D eigenvalue weighted by atomic mass is 10.2. The molecule has 2 aromatic rings. The highest BCUT2D eigenvalue weighted by Gasteiger charge is 2.00. The number of aromatic amines is 1. The van der Waals surface area contributed by atoms with E-state index in [-0.39, 0.29) is 0 Å². The van der Waals surface area contributed by atoms with Gasteiger partial charge in [0.05, 0.1) is 18.1 Å². The normalized spacial score (nSPS) is 10.7. The van der Waals surface area contributed by atoms with Crippen molar-refractivity contribution in [1.82, 2.24) is 15.4 Å². The molecule has 2 N–H and O–H groups in total. The SMILES string of the molecule is CSC(=S)NN=Cc1cnc(-c2ccccc2)[nH]1. The summed E-state index contributed by atoms with van der Waals surface area (Å²) in [6.45, 7) is 0. The number of thiocarbonyl (C=S) groups is 1. The van der Waals surface area contributed by atoms with Gasteiger partial charge in [-0.15, -0.1) is 0 Å². The van der Waals surface area contributed by atoms with E-state index in [0.717, 1.165) is 17.1 Å². The van der Waals surface area contributed by atoms with Crippen molar-refractivity contribution in [3.63, 3.8) is 0 Å². The van der Waals surface area contributed by atoms with Crippen LogP contribution in [0.1, 0.15) is 5.69 Å². The number of hydrogen-bond donors (Lipinski definition) is 2. The highest BCUT2D eigenvalue weighted by molar-refractivity contribution is 8.22. The van der Waals surface area contributed by atoms with Crippen molar-refractivity contribution in [2.24, 2.45) is 5.10 Å². The maximum absolute atomic E-state index is 4.96. The summed E-state index contributed by atoms with van der Waals surface area (Å²) in [4.78, 5) is 7.46. The van der Waals surface area contributed by atoms with Gasteiger partial charge in [0.25, 0.3) is 0 Å². The predicted octanol–water partition coefficient (Wildman–Crippen LogP) is 2.65. The molecule has 0 aliphatic rings. The fourth-order valence-corrected chi connectivity index (χ4v) is 1.54. The number of thioether (sulfide) groups is 1. The zero-order chi connectivity index (χ0) is 12.8. The summed E-state index contributed by atoms with van der Waals surface area (Å²) in [7, 11) is 0. The average molecular weight is 276 g/mol. The van der Waals surface area contributed by atoms with Crippen LogP contribution in [0.2, 0.25) is 0 Å². The number of aromatic nitrogens is 2. The summed E-state index contributed by atoms with van der Waals surface area (Å²) < 4.78 is 0.633. The van der Waals surface area contributed by atoms with Gasteiger partial charge in [-0.25, -0.2) is 4.98 Å². The van der Waals surface area contributed by atoms with Gasteiger partial charge in [-0.2, -0.15) is 5.10 Å². The number of imidazole rings is 1. The Morgan fingerprint density at radius 3 is 2.94 bits per heavy atom. The molecule has 0 saturated heterocycles. The summed E-state index contributed by atoms with van der Waals surface area (Å²) in [6, 6.07) is 9.93. The summed E-state index contributed by atoms with van der Waals surface area (Å²) in [5, 5.41) is 4.01. The van der Waals surface area contributed by atoms with Gasteiger partial charge in [0.1, 0.15) is 5.82 Å². The number of nitrogens with zero attached hydrogens (tertiary/aromatic N) is 2. The third-order valence-electron chi connectivity index (χ3n) is 2.19. The van der Waals surface area contributed by atoms with Gasteiger partial charge in [-0.3, -0.25) is 5.43 Å². The molecule has 0 amide bonds. The Morgan fingerprint density at radius 2 is 2.22 bits per heavy atom. The molecule has 1 aromatic carbocycles. The van der Waals surface area contributed by atoms with E-state index >= 15 is 0 Å². The highest BCUT2D eigenvalue weighted by atomic mass is 32.2. The van der Waals surface area contributed by atoms with Gasteiger partial charge < -0.3 is 4.98 Å². The van der Waals surface area contributed by atoms with Crippen molar-refractivity contribution in [2.45, 2.75) is 0 Å². The monoisotopic (exact) mass is 276 g/mol. The minimum Gasteiger partial charge on any atom is -0.337 e. The van der Waals surface area contributed by atoms with E-state index in [2.05, 4.69) is 20.5 Å². The summed E-state index contributed by atoms with van der Waals surface area (Å²) in [6.07, 6.45) is 5.28. The number of benzene rings is 1. The van der Waals surface area contributed by atoms with E-state index in [0.29, 0.717) is 4.32 Å². The first-order valence-electron chi connectivity index (χ1n) is 5.27. The van der Waals surface area contributed by atoms with Crippen LogP contribution in [0.15, 0.2) is 41.6 Å². The third-order valence-corrected chi connectivity index (χ3v) is 3.24. The Kier molecular flexibility index (Phi) is 4.49. The van der Waals surface area contributed by atoms with Crippen molar-refractivity contribution in [1.29, 1.82) is 0 Å². The summed E-state index contributed by atoms with van der Waals surface area (Å²) in [5.74, 6) is 0.824. The van der Waals surface area contributed by atoms with Crippen LogP contribution in [0.3, 0.4) is 0 Å². The molecule has 0 aliphatic heterocycles. The van der Waals surface area contributed by atoms with Crippen molar-refractivity contribution in [3.05, 3.63) is 42.2 Å². The van der Waals surface area contributed by atoms with E-state index in [9.17, 15) is 0 Å². The van der Waals surface area contributed by atoms with Crippen LogP contribution in [0, 0.1) is 0 Å². The molecular weight excluding hydrogens is 264 g/mol. The molecule has 6 heteroatoms. The number of H-pyrrole nitrogens is 1. The predicted molar refractivity (Wildman–Crippen MR) is 80.9 cm³/mol. The van der Waals surface area contributed by atoms with Crippen LogP contribution >= 0.6 is 24.0 Å². The molecule has 0 bridgehead atoms. The van der Waals surface area contributed by atoms with Gasteiger partial charge in [0.2, 0.25) is 0 Å². The molecule has 1 heterocycles. The first-order valence-corrected chi connectivity index (χ1v) is 6.90. The molecule has 0 spiro atoms. The quantitative estimate of drug-likeness (QED) is 0.514. The van der Waals surface area contributed by atoms with Gasteiger partial charge in [0, 0.05) is 5.56 Å². The van der Waals surface area contributed by atoms with E-state index in [4.69, 9.17) is 12.2 Å². The van der Waals surface area contributed by atoms with Gasteiger partial charge in [0.15, 0.2) is 4.32 Å². The third kappa shape index (κ3) is 3.41. The van der Waals surface area contributed by atoms with Crippen molar-refractivity contribution < 1.29 is 0 Å². The van der Waals surface area contributed by atoms with Crippen LogP contribution in [0.25, 0.3) is 11.4 Å². The number of hydrogen-bond acceptors (Lipinski definition) is 4. The maximum atomic E-state index is 4.96. The molecule has 4 nitrogen and oxygen atoms in total. The second kappa shape index (κ2) is 6.32. The smallest absolute Gasteiger partial charge is 0.153 e. The zero-order valence-electron chi connectivity index (χ0n) is 9.75. The van der Waals surface area contributed by atoms with E-state index < -0.39 is 0 Å². The lowest BCUT2D eigenvalue weighted by Gasteiger charge is -1.96. The second-order valence-corrected chi connectivity index (χ2v) is 4.90. The number of hydrazone groups is 1. The molecule has 0 atom stereocenters. The second-order valence-electron chi connectivity index (χ2n) is 3.41. The molecule has 0 saturated carbocycles. The summed E-state index contributed by atoms with van der Waals surface area (Å²) in [5.41, 5.74) is 4.62. The standard InChI is InChI=1S/C12H12N4S2/c1-18-12(17)16-14-8-10-7-13-11(15-10)9-5-3-2-4-6-9/h2-8H,1H3,(H,13,15)(H,16,17). The fraction of sp³-hybridized carbons (Fsp3) is 0.0833. The number of rotatable bonds is 3. The van der Waals surface area contributed by atoms with Crippen LogP contribution in [0.4, 0.5) is 0 Å². The average Bonchev–Trinajstić information content (AvgIpc) is 2.88. The number of nitrogens with one attached hydrogen (secondary N) is 2. The molecule has 2 rings (SSSR count). The van der Waals surface area contributed by atoms with Gasteiger partial charge in [-0.05, 0) is 6.26 Å². The van der Waals surface area contributed by atoms with Crippen molar-refractivity contribution in [3.8, 4) is 11.4 Å². The Hall–Kier alpha value is -1.66. The van der Waals surface area contributed by atoms with Crippen molar-refractivity contribution >= 4 is 34.5 Å². The Labute approximate surface area is 115 Å². The van der Waals surface area contributed by atoms with Crippen LogP contribution in [-0.4, -0.2) is 26.8 Å². The lowest BCUT2D eigenvalue weighted by molar-refractivity contribution is 1.07. The van der Waals surface area contributed by atoms with Crippen molar-refractivity contribution in [2.75, 3.05) is 6.26 Å². The van der Waals surface area contributed by atoms with E-state index in [1.165, 1.54) is 11.8 Å². The Balaban J connectivity index is 2.05. The lowest BCUT2D eigenvalue weighted by Crippen LogP contribution is -2.10. The first-order chi connectivity index (χ1) is 8.79. The molecule has 0 aliphatic carbocycles. The van der Waals surface area contributed by atoms with Crippen LogP contribution in [0.5, 0.6) is 0 Å². The first kappa shape index (κ1) is 12.8. The molecule has 0 radical (unpaired) electrons. The topological polar surface area (TPSA) is 53.1 Å². The van der Waals surface area contributed by atoms with Gasteiger partial charge >= 0.3 is 0 Å². The van der Waals surface area contributed by atoms with E-state index in [1.807, 2.05) is 36.6 Å². The zero-order valence-corrected chi connectivity index (χ0v) is 11.4. The molecule has 18 heavy (non-hydrogen) atoms. The Bertz CT molecular complexity index is 548. The molecular formula is C12H12N4S2. The molecule has 0 fully saturated rings. The molecule has 92 valence electrons. The summed E-state index contributed by atoms with van der Waals surface area (Å²) >= 11 is 6.41. The molecule has 1 aromatic heterocycles. The van der Waals surface area contributed by atoms with Crippen LogP contribution in [-0.2, 0) is 0 Å². The largest absolute Gasteiger partial charge is 0.337 e. The minimum atomic E-state index is 0.633. The molecule has 0 unspecified atom stereocenters. The Morgan fingerprint density at radius 1 is 1.44 bits per heavy atom. The minimum absolute atomic E-state index is 0.633. The van der Waals surface area contributed by atoms with Gasteiger partial charge in [-0.1, -0.05) is 54.3 Å². The maximum Gasteiger partial charge on any atom is 0.153 e. The highest BCUT2D eigenvalue weighted by Crippen LogP contribution is 2.13. The van der Waals surface area contributed by atoms with E-state index in [1.54, 1.807) is 12.4 Å². The van der Waals surface area contributed by atoms with Crippen LogP contribution < -0.4 is 5.43 Å².